The van der Waals surface area contributed by atoms with Gasteiger partial charge in [0.2, 0.25) is 5.91 Å². The number of amides is 1. The molecule has 0 saturated heterocycles. The van der Waals surface area contributed by atoms with Crippen molar-refractivity contribution in [3.8, 4) is 0 Å². The fraction of sp³-hybridized carbons (Fsp3) is 0.333. The number of hydrogen-bond donors (Lipinski definition) is 3. The average molecular weight is 490 g/mol. The van der Waals surface area contributed by atoms with Gasteiger partial charge in [-0.3, -0.25) is 9.79 Å². The molecule has 142 valence electrons. The monoisotopic (exact) mass is 490 g/mol. The Morgan fingerprint density at radius 2 is 2.00 bits per heavy atom. The summed E-state index contributed by atoms with van der Waals surface area (Å²) in [6.45, 7) is 5.01. The summed E-state index contributed by atoms with van der Waals surface area (Å²) >= 11 is 1.71. The molecule has 0 aliphatic rings. The Balaban J connectivity index is 0.00000338. The normalized spacial score (nSPS) is 11.5. The molecular weight excluding hydrogens is 466 g/mol. The minimum Gasteiger partial charge on any atom is -0.356 e. The van der Waals surface area contributed by atoms with E-state index < -0.39 is 0 Å². The fourth-order valence-electron chi connectivity index (χ4n) is 2.21. The second kappa shape index (κ2) is 10.5. The average Bonchev–Trinajstić information content (AvgIpc) is 3.10. The van der Waals surface area contributed by atoms with Gasteiger partial charge in [0.05, 0.1) is 6.54 Å². The lowest BCUT2D eigenvalue weighted by molar-refractivity contribution is -0.115. The summed E-state index contributed by atoms with van der Waals surface area (Å²) in [5.41, 5.74) is 0.379. The van der Waals surface area contributed by atoms with E-state index in [-0.39, 0.29) is 47.7 Å². The van der Waals surface area contributed by atoms with E-state index in [0.29, 0.717) is 18.2 Å². The second-order valence-corrected chi connectivity index (χ2v) is 7.15. The highest BCUT2D eigenvalue weighted by molar-refractivity contribution is 14.0. The van der Waals surface area contributed by atoms with E-state index in [1.807, 2.05) is 6.07 Å². The minimum atomic E-state index is -0.390. The van der Waals surface area contributed by atoms with Crippen molar-refractivity contribution in [3.05, 3.63) is 52.5 Å². The second-order valence-electron chi connectivity index (χ2n) is 6.20. The van der Waals surface area contributed by atoms with Gasteiger partial charge < -0.3 is 16.0 Å². The quantitative estimate of drug-likeness (QED) is 0.330. The summed E-state index contributed by atoms with van der Waals surface area (Å²) in [4.78, 5) is 17.4. The van der Waals surface area contributed by atoms with Crippen LogP contribution in [0.3, 0.4) is 0 Å². The smallest absolute Gasteiger partial charge is 0.243 e. The molecule has 0 bridgehead atoms. The first-order valence-electron chi connectivity index (χ1n) is 7.94. The molecule has 5 nitrogen and oxygen atoms in total. The molecule has 1 aromatic carbocycles. The van der Waals surface area contributed by atoms with Crippen molar-refractivity contribution in [3.63, 3.8) is 0 Å². The van der Waals surface area contributed by atoms with Crippen LogP contribution in [0.1, 0.15) is 18.7 Å². The number of nitrogens with zero attached hydrogens (tertiary/aromatic N) is 1. The van der Waals surface area contributed by atoms with Crippen LogP contribution in [-0.4, -0.2) is 32.0 Å². The maximum Gasteiger partial charge on any atom is 0.243 e. The molecule has 0 fully saturated rings. The van der Waals surface area contributed by atoms with Crippen molar-refractivity contribution in [2.45, 2.75) is 19.3 Å². The fourth-order valence-corrected chi connectivity index (χ4v) is 3.06. The zero-order valence-corrected chi connectivity index (χ0v) is 18.2. The third-order valence-electron chi connectivity index (χ3n) is 3.63. The van der Waals surface area contributed by atoms with Gasteiger partial charge in [0.1, 0.15) is 5.82 Å². The number of rotatable bonds is 6. The predicted octanol–water partition coefficient (Wildman–Crippen LogP) is 3.59. The molecule has 0 atom stereocenters. The van der Waals surface area contributed by atoms with E-state index in [9.17, 15) is 9.18 Å². The molecule has 1 heterocycles. The highest BCUT2D eigenvalue weighted by Gasteiger charge is 2.22. The van der Waals surface area contributed by atoms with E-state index in [4.69, 9.17) is 0 Å². The van der Waals surface area contributed by atoms with Crippen molar-refractivity contribution in [1.82, 2.24) is 10.6 Å². The van der Waals surface area contributed by atoms with Gasteiger partial charge in [0, 0.05) is 29.6 Å². The highest BCUT2D eigenvalue weighted by atomic mass is 127. The Hall–Kier alpha value is -1.68. The van der Waals surface area contributed by atoms with E-state index in [0.717, 1.165) is 0 Å². The zero-order chi connectivity index (χ0) is 18.3. The van der Waals surface area contributed by atoms with Gasteiger partial charge in [-0.2, -0.15) is 0 Å². The lowest BCUT2D eigenvalue weighted by Gasteiger charge is -2.25. The molecule has 8 heteroatoms. The van der Waals surface area contributed by atoms with Crippen LogP contribution in [0, 0.1) is 5.82 Å². The van der Waals surface area contributed by atoms with Gasteiger partial charge in [-0.15, -0.1) is 35.3 Å². The molecule has 1 aromatic heterocycles. The molecule has 3 N–H and O–H groups in total. The predicted molar refractivity (Wildman–Crippen MR) is 117 cm³/mol. The molecular formula is C18H24FIN4OS. The van der Waals surface area contributed by atoms with Crippen LogP contribution in [-0.2, 0) is 10.2 Å². The molecule has 0 saturated carbocycles. The third-order valence-corrected chi connectivity index (χ3v) is 4.87. The topological polar surface area (TPSA) is 65.5 Å². The molecule has 0 unspecified atom stereocenters. The summed E-state index contributed by atoms with van der Waals surface area (Å²) in [7, 11) is 1.65. The SMILES string of the molecule is CN=C(NCC(=O)Nc1cccc(F)c1)NCC(C)(C)c1cccs1.I. The number of carbonyl (C=O) groups excluding carboxylic acids is 1. The molecule has 2 rings (SSSR count). The van der Waals surface area contributed by atoms with Crippen LogP contribution in [0.15, 0.2) is 46.8 Å². The molecule has 1 amide bonds. The maximum atomic E-state index is 13.1. The number of guanidine groups is 1. The Labute approximate surface area is 174 Å². The number of halogens is 2. The van der Waals surface area contributed by atoms with Crippen LogP contribution in [0.2, 0.25) is 0 Å². The van der Waals surface area contributed by atoms with Crippen LogP contribution in [0.4, 0.5) is 10.1 Å². The Kier molecular flexibility index (Phi) is 9.00. The standard InChI is InChI=1S/C18H23FN4OS.HI/c1-18(2,15-8-5-9-25-15)12-22-17(20-3)21-11-16(24)23-14-7-4-6-13(19)10-14;/h4-10H,11-12H2,1-3H3,(H,23,24)(H2,20,21,22);1H. The van der Waals surface area contributed by atoms with Gasteiger partial charge in [-0.1, -0.05) is 26.0 Å². The lowest BCUT2D eigenvalue weighted by atomic mass is 9.91. The van der Waals surface area contributed by atoms with Gasteiger partial charge in [0.25, 0.3) is 0 Å². The van der Waals surface area contributed by atoms with Crippen molar-refractivity contribution >= 4 is 52.9 Å². The van der Waals surface area contributed by atoms with Crippen LogP contribution in [0.25, 0.3) is 0 Å². The van der Waals surface area contributed by atoms with E-state index in [1.54, 1.807) is 30.5 Å². The highest BCUT2D eigenvalue weighted by Crippen LogP contribution is 2.26. The van der Waals surface area contributed by atoms with E-state index in [1.165, 1.54) is 17.0 Å². The molecule has 0 aliphatic heterocycles. The van der Waals surface area contributed by atoms with Crippen LogP contribution < -0.4 is 16.0 Å². The number of carbonyl (C=O) groups is 1. The first-order valence-corrected chi connectivity index (χ1v) is 8.82. The van der Waals surface area contributed by atoms with Gasteiger partial charge in [-0.05, 0) is 29.6 Å². The number of anilines is 1. The zero-order valence-electron chi connectivity index (χ0n) is 15.0. The minimum absolute atomic E-state index is 0. The number of benzene rings is 1. The first-order chi connectivity index (χ1) is 11.9. The Bertz CT molecular complexity index is 735. The van der Waals surface area contributed by atoms with Crippen molar-refractivity contribution < 1.29 is 9.18 Å². The molecule has 0 aliphatic carbocycles. The third kappa shape index (κ3) is 6.91. The number of nitrogens with one attached hydrogen (secondary N) is 3. The molecule has 0 radical (unpaired) electrons. The summed E-state index contributed by atoms with van der Waals surface area (Å²) in [5.74, 6) is -0.121. The van der Waals surface area contributed by atoms with E-state index >= 15 is 0 Å². The lowest BCUT2D eigenvalue weighted by Crippen LogP contribution is -2.45. The van der Waals surface area contributed by atoms with Crippen molar-refractivity contribution in [1.29, 1.82) is 0 Å². The number of aliphatic imine (C=N–C) groups is 1. The van der Waals surface area contributed by atoms with Gasteiger partial charge in [0.15, 0.2) is 5.96 Å². The summed E-state index contributed by atoms with van der Waals surface area (Å²) in [6, 6.07) is 9.92. The summed E-state index contributed by atoms with van der Waals surface area (Å²) in [6.07, 6.45) is 0. The first kappa shape index (κ1) is 22.4. The Morgan fingerprint density at radius 3 is 2.62 bits per heavy atom. The largest absolute Gasteiger partial charge is 0.356 e. The Morgan fingerprint density at radius 1 is 1.23 bits per heavy atom. The van der Waals surface area contributed by atoms with E-state index in [2.05, 4.69) is 46.2 Å². The number of hydrogen-bond acceptors (Lipinski definition) is 3. The van der Waals surface area contributed by atoms with Crippen molar-refractivity contribution in [2.75, 3.05) is 25.5 Å². The van der Waals surface area contributed by atoms with Gasteiger partial charge in [-0.25, -0.2) is 4.39 Å². The number of thiophene rings is 1. The molecule has 26 heavy (non-hydrogen) atoms. The van der Waals surface area contributed by atoms with Crippen molar-refractivity contribution in [2.24, 2.45) is 4.99 Å². The molecule has 0 spiro atoms. The maximum absolute atomic E-state index is 13.1. The van der Waals surface area contributed by atoms with Gasteiger partial charge >= 0.3 is 0 Å². The summed E-state index contributed by atoms with van der Waals surface area (Å²) < 4.78 is 13.1. The summed E-state index contributed by atoms with van der Waals surface area (Å²) in [5, 5.41) is 10.9. The van der Waals surface area contributed by atoms with Crippen LogP contribution >= 0.6 is 35.3 Å². The van der Waals surface area contributed by atoms with Crippen LogP contribution in [0.5, 0.6) is 0 Å². The molecule has 2 aromatic rings.